The highest BCUT2D eigenvalue weighted by Gasteiger charge is 2.69. The number of aryl methyl sites for hydroxylation is 1. The van der Waals surface area contributed by atoms with Crippen molar-refractivity contribution in [3.05, 3.63) is 42.2 Å². The fraction of sp³-hybridized carbons (Fsp3) is 0.312. The van der Waals surface area contributed by atoms with Gasteiger partial charge in [0.15, 0.2) is 0 Å². The Balaban J connectivity index is 1.83. The molecule has 2 heterocycles. The van der Waals surface area contributed by atoms with Crippen molar-refractivity contribution in [3.8, 4) is 11.3 Å². The zero-order valence-electron chi connectivity index (χ0n) is 12.2. The second-order valence-electron chi connectivity index (χ2n) is 5.53. The Kier molecular flexibility index (Phi) is 3.39. The minimum Gasteiger partial charge on any atom is -0.310 e. The molecule has 1 aliphatic rings. The molecule has 1 saturated carbocycles. The van der Waals surface area contributed by atoms with Gasteiger partial charge < -0.3 is 5.32 Å². The van der Waals surface area contributed by atoms with Crippen LogP contribution in [0.4, 0.5) is 14.6 Å². The molecule has 3 rings (SSSR count). The van der Waals surface area contributed by atoms with E-state index in [1.807, 2.05) is 19.1 Å². The molecule has 0 saturated heterocycles. The Hall–Kier alpha value is -2.37. The molecule has 6 heteroatoms. The summed E-state index contributed by atoms with van der Waals surface area (Å²) in [7, 11) is 0. The molecular formula is C16H15F2N3O. The molecule has 22 heavy (non-hydrogen) atoms. The van der Waals surface area contributed by atoms with E-state index < -0.39 is 23.7 Å². The number of anilines is 1. The Labute approximate surface area is 126 Å². The topological polar surface area (TPSA) is 54.9 Å². The van der Waals surface area contributed by atoms with Gasteiger partial charge in [-0.1, -0.05) is 13.0 Å². The largest absolute Gasteiger partial charge is 0.310 e. The zero-order valence-corrected chi connectivity index (χ0v) is 12.2. The summed E-state index contributed by atoms with van der Waals surface area (Å²) in [5, 5.41) is 2.47. The van der Waals surface area contributed by atoms with E-state index in [0.717, 1.165) is 16.8 Å². The maximum absolute atomic E-state index is 13.3. The van der Waals surface area contributed by atoms with Crippen LogP contribution in [0.5, 0.6) is 0 Å². The average molecular weight is 303 g/mol. The van der Waals surface area contributed by atoms with Gasteiger partial charge >= 0.3 is 0 Å². The number of nitrogens with one attached hydrogen (secondary N) is 1. The second kappa shape index (κ2) is 5.12. The maximum Gasteiger partial charge on any atom is 0.263 e. The lowest BCUT2D eigenvalue weighted by atomic mass is 10.1. The number of rotatable bonds is 3. The van der Waals surface area contributed by atoms with Crippen LogP contribution in [0, 0.1) is 18.8 Å². The molecule has 0 unspecified atom stereocenters. The average Bonchev–Trinajstić information content (AvgIpc) is 3.00. The van der Waals surface area contributed by atoms with Gasteiger partial charge in [0.1, 0.15) is 11.7 Å². The molecule has 0 bridgehead atoms. The summed E-state index contributed by atoms with van der Waals surface area (Å²) >= 11 is 0. The van der Waals surface area contributed by atoms with Gasteiger partial charge in [0.2, 0.25) is 5.91 Å². The standard InChI is InChI=1S/C16H15F2N3O/c1-9-8-20-13(7-11(9)12-5-3-4-6-19-12)21-15(22)14-10(2)16(14,17)18/h3-8,10,14H,1-2H3,(H,20,21,22)/t10-,14+/m0/s1. The Morgan fingerprint density at radius 2 is 2.05 bits per heavy atom. The van der Waals surface area contributed by atoms with E-state index in [0.29, 0.717) is 0 Å². The highest BCUT2D eigenvalue weighted by atomic mass is 19.3. The summed E-state index contributed by atoms with van der Waals surface area (Å²) in [6.45, 7) is 3.24. The Morgan fingerprint density at radius 3 is 2.64 bits per heavy atom. The SMILES string of the molecule is Cc1cnc(NC(=O)[C@H]2[C@H](C)C2(F)F)cc1-c1ccccn1. The highest BCUT2D eigenvalue weighted by Crippen LogP contribution is 2.55. The number of pyridine rings is 2. The van der Waals surface area contributed by atoms with E-state index in [1.54, 1.807) is 24.5 Å². The van der Waals surface area contributed by atoms with Gasteiger partial charge in [-0.25, -0.2) is 13.8 Å². The molecular weight excluding hydrogens is 288 g/mol. The predicted octanol–water partition coefficient (Wildman–Crippen LogP) is 3.29. The van der Waals surface area contributed by atoms with Crippen molar-refractivity contribution in [1.82, 2.24) is 9.97 Å². The van der Waals surface area contributed by atoms with E-state index in [4.69, 9.17) is 0 Å². The molecule has 0 aromatic carbocycles. The van der Waals surface area contributed by atoms with Crippen molar-refractivity contribution in [2.24, 2.45) is 11.8 Å². The van der Waals surface area contributed by atoms with Gasteiger partial charge in [-0.3, -0.25) is 9.78 Å². The summed E-state index contributed by atoms with van der Waals surface area (Å²) < 4.78 is 26.5. The normalized spacial score (nSPS) is 22.2. The summed E-state index contributed by atoms with van der Waals surface area (Å²) in [5.41, 5.74) is 2.44. The van der Waals surface area contributed by atoms with Crippen molar-refractivity contribution in [3.63, 3.8) is 0 Å². The number of aromatic nitrogens is 2. The van der Waals surface area contributed by atoms with E-state index in [1.165, 1.54) is 6.92 Å². The molecule has 1 aliphatic carbocycles. The van der Waals surface area contributed by atoms with Gasteiger partial charge in [-0.15, -0.1) is 0 Å². The molecule has 114 valence electrons. The molecule has 0 spiro atoms. The maximum atomic E-state index is 13.3. The predicted molar refractivity (Wildman–Crippen MR) is 78.4 cm³/mol. The first kappa shape index (κ1) is 14.6. The van der Waals surface area contributed by atoms with Gasteiger partial charge in [-0.2, -0.15) is 0 Å². The van der Waals surface area contributed by atoms with Crippen LogP contribution in [0.15, 0.2) is 36.7 Å². The molecule has 2 aromatic rings. The summed E-state index contributed by atoms with van der Waals surface area (Å²) in [6, 6.07) is 7.15. The lowest BCUT2D eigenvalue weighted by Crippen LogP contribution is -2.18. The minimum atomic E-state index is -2.92. The van der Waals surface area contributed by atoms with Crippen LogP contribution in [0.2, 0.25) is 0 Å². The van der Waals surface area contributed by atoms with Crippen molar-refractivity contribution in [1.29, 1.82) is 0 Å². The van der Waals surface area contributed by atoms with Gasteiger partial charge in [0, 0.05) is 23.9 Å². The van der Waals surface area contributed by atoms with E-state index in [-0.39, 0.29) is 5.82 Å². The van der Waals surface area contributed by atoms with Crippen molar-refractivity contribution in [2.75, 3.05) is 5.32 Å². The summed E-state index contributed by atoms with van der Waals surface area (Å²) in [4.78, 5) is 20.2. The molecule has 4 nitrogen and oxygen atoms in total. The molecule has 1 N–H and O–H groups in total. The molecule has 0 radical (unpaired) electrons. The van der Waals surface area contributed by atoms with Crippen LogP contribution >= 0.6 is 0 Å². The fourth-order valence-electron chi connectivity index (χ4n) is 2.48. The Morgan fingerprint density at radius 1 is 1.32 bits per heavy atom. The number of halogens is 2. The Bertz CT molecular complexity index is 719. The molecule has 1 amide bonds. The third-order valence-electron chi connectivity index (χ3n) is 3.99. The third-order valence-corrected chi connectivity index (χ3v) is 3.99. The third kappa shape index (κ3) is 2.45. The fourth-order valence-corrected chi connectivity index (χ4v) is 2.48. The minimum absolute atomic E-state index is 0.256. The van der Waals surface area contributed by atoms with E-state index >= 15 is 0 Å². The first-order valence-electron chi connectivity index (χ1n) is 6.98. The number of nitrogens with zero attached hydrogens (tertiary/aromatic N) is 2. The second-order valence-corrected chi connectivity index (χ2v) is 5.53. The van der Waals surface area contributed by atoms with Crippen LogP contribution in [-0.2, 0) is 4.79 Å². The summed E-state index contributed by atoms with van der Waals surface area (Å²) in [5.74, 6) is -5.55. The number of carbonyl (C=O) groups excluding carboxylic acids is 1. The molecule has 2 aromatic heterocycles. The van der Waals surface area contributed by atoms with Gasteiger partial charge in [0.05, 0.1) is 5.69 Å². The lowest BCUT2D eigenvalue weighted by Gasteiger charge is -2.09. The number of carbonyl (C=O) groups is 1. The van der Waals surface area contributed by atoms with Crippen LogP contribution in [0.25, 0.3) is 11.3 Å². The van der Waals surface area contributed by atoms with Crippen molar-refractivity contribution in [2.45, 2.75) is 19.8 Å². The number of amides is 1. The van der Waals surface area contributed by atoms with Crippen LogP contribution in [0.1, 0.15) is 12.5 Å². The first-order valence-corrected chi connectivity index (χ1v) is 6.98. The smallest absolute Gasteiger partial charge is 0.263 e. The highest BCUT2D eigenvalue weighted by molar-refractivity contribution is 5.95. The molecule has 0 aliphatic heterocycles. The van der Waals surface area contributed by atoms with E-state index in [2.05, 4.69) is 15.3 Å². The number of hydrogen-bond acceptors (Lipinski definition) is 3. The number of hydrogen-bond donors (Lipinski definition) is 1. The summed E-state index contributed by atoms with van der Waals surface area (Å²) in [6.07, 6.45) is 3.26. The number of alkyl halides is 2. The van der Waals surface area contributed by atoms with Gasteiger partial charge in [-0.05, 0) is 30.7 Å². The van der Waals surface area contributed by atoms with Crippen LogP contribution < -0.4 is 5.32 Å². The molecule has 2 atom stereocenters. The molecule has 1 fully saturated rings. The van der Waals surface area contributed by atoms with Crippen LogP contribution in [-0.4, -0.2) is 21.8 Å². The van der Waals surface area contributed by atoms with E-state index in [9.17, 15) is 13.6 Å². The first-order chi connectivity index (χ1) is 10.4. The lowest BCUT2D eigenvalue weighted by molar-refractivity contribution is -0.119. The van der Waals surface area contributed by atoms with Crippen molar-refractivity contribution >= 4 is 11.7 Å². The zero-order chi connectivity index (χ0) is 15.9. The van der Waals surface area contributed by atoms with Crippen molar-refractivity contribution < 1.29 is 13.6 Å². The quantitative estimate of drug-likeness (QED) is 0.946. The van der Waals surface area contributed by atoms with Crippen LogP contribution in [0.3, 0.4) is 0 Å². The van der Waals surface area contributed by atoms with Gasteiger partial charge in [0.25, 0.3) is 5.92 Å². The monoisotopic (exact) mass is 303 g/mol.